The van der Waals surface area contributed by atoms with E-state index in [4.69, 9.17) is 4.74 Å². The molecule has 10 nitrogen and oxygen atoms in total. The summed E-state index contributed by atoms with van der Waals surface area (Å²) in [6.45, 7) is 2.06. The molecule has 46 heavy (non-hydrogen) atoms. The van der Waals surface area contributed by atoms with Crippen LogP contribution in [-0.2, 0) is 11.3 Å². The molecule has 1 atom stereocenters. The second-order valence-corrected chi connectivity index (χ2v) is 10.3. The molecule has 236 valence electrons. The molecule has 1 unspecified atom stereocenters. The maximum Gasteiger partial charge on any atom is 0.573 e. The molecule has 0 fully saturated rings. The van der Waals surface area contributed by atoms with Gasteiger partial charge in [0.25, 0.3) is 17.8 Å². The zero-order valence-corrected chi connectivity index (χ0v) is 24.5. The molecule has 0 aliphatic carbocycles. The SMILES string of the molecule is CC(Oc1ccc(OC(F)(F)F)cc1)C(=O)N(Cc1ccc(C(=O)Nc2nn[nH]n2)cc1)CC(c1ccccc1)c1ccccc1. The smallest absolute Gasteiger partial charge is 0.481 e. The summed E-state index contributed by atoms with van der Waals surface area (Å²) in [5.41, 5.74) is 3.13. The molecule has 2 amide bonds. The molecule has 0 saturated carbocycles. The monoisotopic (exact) mass is 630 g/mol. The lowest BCUT2D eigenvalue weighted by molar-refractivity contribution is -0.274. The fourth-order valence-corrected chi connectivity index (χ4v) is 4.83. The third-order valence-electron chi connectivity index (χ3n) is 7.00. The molecule has 13 heteroatoms. The predicted octanol–water partition coefficient (Wildman–Crippen LogP) is 5.98. The molecular formula is C33H29F3N6O4. The van der Waals surface area contributed by atoms with Crippen LogP contribution in [0.25, 0.3) is 0 Å². The average Bonchev–Trinajstić information content (AvgIpc) is 3.57. The minimum atomic E-state index is -4.82. The molecule has 0 radical (unpaired) electrons. The fraction of sp³-hybridized carbons (Fsp3) is 0.182. The topological polar surface area (TPSA) is 122 Å². The number of hydrogen-bond acceptors (Lipinski definition) is 7. The molecule has 1 aromatic heterocycles. The summed E-state index contributed by atoms with van der Waals surface area (Å²) in [5.74, 6) is -1.11. The Balaban J connectivity index is 1.38. The summed E-state index contributed by atoms with van der Waals surface area (Å²) >= 11 is 0. The lowest BCUT2D eigenvalue weighted by atomic mass is 9.90. The van der Waals surface area contributed by atoms with E-state index in [1.807, 2.05) is 60.7 Å². The molecule has 5 rings (SSSR count). The zero-order chi connectivity index (χ0) is 32.5. The van der Waals surface area contributed by atoms with Crippen molar-refractivity contribution in [1.82, 2.24) is 25.5 Å². The molecule has 4 aromatic carbocycles. The Kier molecular flexibility index (Phi) is 9.90. The summed E-state index contributed by atoms with van der Waals surface area (Å²) in [5, 5.41) is 15.6. The van der Waals surface area contributed by atoms with Crippen molar-refractivity contribution in [2.45, 2.75) is 31.9 Å². The number of tetrazole rings is 1. The van der Waals surface area contributed by atoms with Crippen LogP contribution in [0.4, 0.5) is 19.1 Å². The Morgan fingerprint density at radius 3 is 1.98 bits per heavy atom. The third kappa shape index (κ3) is 8.68. The van der Waals surface area contributed by atoms with Gasteiger partial charge in [-0.05, 0) is 65.2 Å². The second kappa shape index (κ2) is 14.4. The van der Waals surface area contributed by atoms with E-state index in [0.717, 1.165) is 28.8 Å². The summed E-state index contributed by atoms with van der Waals surface area (Å²) < 4.78 is 47.5. The van der Waals surface area contributed by atoms with E-state index < -0.39 is 24.1 Å². The Morgan fingerprint density at radius 1 is 0.848 bits per heavy atom. The quantitative estimate of drug-likeness (QED) is 0.174. The van der Waals surface area contributed by atoms with Crippen LogP contribution in [0.1, 0.15) is 39.9 Å². The van der Waals surface area contributed by atoms with Gasteiger partial charge in [-0.3, -0.25) is 14.9 Å². The van der Waals surface area contributed by atoms with Crippen LogP contribution in [0, 0.1) is 0 Å². The first-order valence-electron chi connectivity index (χ1n) is 14.2. The minimum absolute atomic E-state index is 0.0372. The third-order valence-corrected chi connectivity index (χ3v) is 7.00. The number of halogens is 3. The van der Waals surface area contributed by atoms with E-state index >= 15 is 0 Å². The van der Waals surface area contributed by atoms with Gasteiger partial charge in [0.15, 0.2) is 6.10 Å². The zero-order valence-electron chi connectivity index (χ0n) is 24.5. The van der Waals surface area contributed by atoms with Gasteiger partial charge in [-0.25, -0.2) is 0 Å². The van der Waals surface area contributed by atoms with Gasteiger partial charge < -0.3 is 14.4 Å². The van der Waals surface area contributed by atoms with Crippen LogP contribution in [0.2, 0.25) is 0 Å². The van der Waals surface area contributed by atoms with E-state index in [-0.39, 0.29) is 30.1 Å². The first-order valence-corrected chi connectivity index (χ1v) is 14.2. The van der Waals surface area contributed by atoms with Crippen LogP contribution in [0.5, 0.6) is 11.5 Å². The van der Waals surface area contributed by atoms with Gasteiger partial charge in [-0.15, -0.1) is 18.3 Å². The van der Waals surface area contributed by atoms with Crippen molar-refractivity contribution >= 4 is 17.8 Å². The molecule has 0 bridgehead atoms. The largest absolute Gasteiger partial charge is 0.573 e. The van der Waals surface area contributed by atoms with Crippen LogP contribution < -0.4 is 14.8 Å². The molecule has 1 heterocycles. The number of alkyl halides is 3. The van der Waals surface area contributed by atoms with Crippen molar-refractivity contribution in [2.75, 3.05) is 11.9 Å². The molecule has 0 saturated heterocycles. The highest BCUT2D eigenvalue weighted by atomic mass is 19.4. The van der Waals surface area contributed by atoms with Crippen LogP contribution in [0.3, 0.4) is 0 Å². The predicted molar refractivity (Wildman–Crippen MR) is 162 cm³/mol. The van der Waals surface area contributed by atoms with Gasteiger partial charge in [0.2, 0.25) is 0 Å². The van der Waals surface area contributed by atoms with E-state index in [1.54, 1.807) is 36.1 Å². The molecule has 2 N–H and O–H groups in total. The number of H-pyrrole nitrogens is 1. The normalized spacial score (nSPS) is 11.9. The Hall–Kier alpha value is -5.72. The number of hydrogen-bond donors (Lipinski definition) is 2. The highest BCUT2D eigenvalue weighted by Gasteiger charge is 2.31. The van der Waals surface area contributed by atoms with Crippen molar-refractivity contribution in [3.8, 4) is 11.5 Å². The highest BCUT2D eigenvalue weighted by Crippen LogP contribution is 2.28. The number of ether oxygens (including phenoxy) is 2. The second-order valence-electron chi connectivity index (χ2n) is 10.3. The number of aromatic nitrogens is 4. The number of carbonyl (C=O) groups is 2. The Bertz CT molecular complexity index is 1660. The number of benzene rings is 4. The number of rotatable bonds is 12. The van der Waals surface area contributed by atoms with Gasteiger partial charge >= 0.3 is 6.36 Å². The molecule has 0 aliphatic rings. The molecule has 5 aromatic rings. The number of amides is 2. The number of nitrogens with one attached hydrogen (secondary N) is 2. The average molecular weight is 631 g/mol. The summed E-state index contributed by atoms with van der Waals surface area (Å²) in [7, 11) is 0. The summed E-state index contributed by atoms with van der Waals surface area (Å²) in [6.07, 6.45) is -5.81. The number of nitrogens with zero attached hydrogens (tertiary/aromatic N) is 4. The highest BCUT2D eigenvalue weighted by molar-refractivity contribution is 6.03. The molecule has 0 spiro atoms. The van der Waals surface area contributed by atoms with Gasteiger partial charge in [-0.1, -0.05) is 77.9 Å². The van der Waals surface area contributed by atoms with Gasteiger partial charge in [0.05, 0.1) is 0 Å². The van der Waals surface area contributed by atoms with Crippen molar-refractivity contribution in [2.24, 2.45) is 0 Å². The van der Waals surface area contributed by atoms with E-state index in [2.05, 4.69) is 30.7 Å². The number of aromatic amines is 1. The lowest BCUT2D eigenvalue weighted by Gasteiger charge is -2.31. The molecule has 0 aliphatic heterocycles. The van der Waals surface area contributed by atoms with Crippen LogP contribution in [0.15, 0.2) is 109 Å². The first-order chi connectivity index (χ1) is 22.1. The van der Waals surface area contributed by atoms with Crippen molar-refractivity contribution in [3.05, 3.63) is 131 Å². The van der Waals surface area contributed by atoms with Crippen LogP contribution in [-0.4, -0.2) is 56.3 Å². The van der Waals surface area contributed by atoms with E-state index in [1.165, 1.54) is 12.1 Å². The fourth-order valence-electron chi connectivity index (χ4n) is 4.83. The maximum absolute atomic E-state index is 14.0. The molecular weight excluding hydrogens is 601 g/mol. The maximum atomic E-state index is 14.0. The van der Waals surface area contributed by atoms with Crippen molar-refractivity contribution < 1.29 is 32.2 Å². The van der Waals surface area contributed by atoms with Gasteiger partial charge in [0.1, 0.15) is 11.5 Å². The van der Waals surface area contributed by atoms with Crippen molar-refractivity contribution in [3.63, 3.8) is 0 Å². The number of anilines is 1. The summed E-state index contributed by atoms with van der Waals surface area (Å²) in [6, 6.07) is 31.2. The Labute approximate surface area is 262 Å². The standard InChI is InChI=1S/C33H29F3N6O4/c1-22(45-27-16-18-28(19-17-27)46-33(34,35)36)31(44)42(21-29(24-8-4-2-5-9-24)25-10-6-3-7-11-25)20-23-12-14-26(15-13-23)30(43)37-32-38-40-41-39-32/h2-19,22,29H,20-21H2,1H3,(H2,37,38,39,40,41,43). The van der Waals surface area contributed by atoms with Gasteiger partial charge in [-0.2, -0.15) is 5.21 Å². The first kappa shape index (κ1) is 31.7. The Morgan fingerprint density at radius 2 is 1.43 bits per heavy atom. The van der Waals surface area contributed by atoms with Gasteiger partial charge in [0, 0.05) is 24.6 Å². The summed E-state index contributed by atoms with van der Waals surface area (Å²) in [4.78, 5) is 28.3. The number of carbonyl (C=O) groups excluding carboxylic acids is 2. The van der Waals surface area contributed by atoms with Crippen molar-refractivity contribution in [1.29, 1.82) is 0 Å². The lowest BCUT2D eigenvalue weighted by Crippen LogP contribution is -2.42. The minimum Gasteiger partial charge on any atom is -0.481 e. The van der Waals surface area contributed by atoms with E-state index in [0.29, 0.717) is 12.1 Å². The van der Waals surface area contributed by atoms with E-state index in [9.17, 15) is 22.8 Å². The van der Waals surface area contributed by atoms with Crippen LogP contribution >= 0.6 is 0 Å².